The molecule has 4 rings (SSSR count). The molecule has 1 aliphatic rings. The molecule has 0 saturated carbocycles. The van der Waals surface area contributed by atoms with E-state index in [0.29, 0.717) is 11.4 Å². The Labute approximate surface area is 176 Å². The number of nitrogens with one attached hydrogen (secondary N) is 3. The zero-order chi connectivity index (χ0) is 22.0. The Hall–Kier alpha value is -4.17. The van der Waals surface area contributed by atoms with E-state index >= 15 is 0 Å². The number of carbonyl (C=O) groups excluding carboxylic acids is 1. The number of hydrogen-bond donors (Lipinski definition) is 3. The second kappa shape index (κ2) is 7.92. The molecule has 31 heavy (non-hydrogen) atoms. The van der Waals surface area contributed by atoms with Crippen LogP contribution < -0.4 is 20.1 Å². The van der Waals surface area contributed by atoms with Gasteiger partial charge in [0.05, 0.1) is 34.3 Å². The van der Waals surface area contributed by atoms with Crippen molar-refractivity contribution in [1.29, 1.82) is 5.26 Å². The van der Waals surface area contributed by atoms with Crippen molar-refractivity contribution in [3.63, 3.8) is 0 Å². The minimum Gasteiger partial charge on any atom is -0.454 e. The second-order valence-electron chi connectivity index (χ2n) is 6.44. The first-order valence-electron chi connectivity index (χ1n) is 8.89. The summed E-state index contributed by atoms with van der Waals surface area (Å²) in [7, 11) is -4.02. The molecule has 2 amide bonds. The summed E-state index contributed by atoms with van der Waals surface area (Å²) in [6.45, 7) is 0.158. The molecule has 0 fully saturated rings. The molecular weight excluding hydrogens is 425 g/mol. The SMILES string of the molecule is N#Cc1cccc(S(=O)(=O)Nc2ccc(Oc3ccnc4c3CNC(=O)N4)c(F)c2)c1. The third kappa shape index (κ3) is 4.24. The summed E-state index contributed by atoms with van der Waals surface area (Å²) in [6, 6.07) is 12.1. The zero-order valence-corrected chi connectivity index (χ0v) is 16.5. The van der Waals surface area contributed by atoms with Gasteiger partial charge in [-0.25, -0.2) is 22.6 Å². The average Bonchev–Trinajstić information content (AvgIpc) is 2.75. The maximum Gasteiger partial charge on any atom is 0.320 e. The molecule has 0 spiro atoms. The highest BCUT2D eigenvalue weighted by atomic mass is 32.2. The number of hydrogen-bond acceptors (Lipinski definition) is 6. The maximum atomic E-state index is 14.6. The Bertz CT molecular complexity index is 1340. The van der Waals surface area contributed by atoms with Crippen LogP contribution >= 0.6 is 0 Å². The fourth-order valence-corrected chi connectivity index (χ4v) is 3.98. The van der Waals surface area contributed by atoms with Crippen molar-refractivity contribution in [1.82, 2.24) is 10.3 Å². The number of pyridine rings is 1. The van der Waals surface area contributed by atoms with E-state index < -0.39 is 21.9 Å². The number of sulfonamides is 1. The first-order valence-corrected chi connectivity index (χ1v) is 10.4. The summed E-state index contributed by atoms with van der Waals surface area (Å²) in [6.07, 6.45) is 1.41. The van der Waals surface area contributed by atoms with Crippen molar-refractivity contribution < 1.29 is 22.3 Å². The third-order valence-corrected chi connectivity index (χ3v) is 5.73. The molecule has 1 aromatic heterocycles. The Morgan fingerprint density at radius 3 is 2.77 bits per heavy atom. The first-order chi connectivity index (χ1) is 14.9. The Kier molecular flexibility index (Phi) is 5.14. The van der Waals surface area contributed by atoms with E-state index in [1.54, 1.807) is 0 Å². The number of nitriles is 1. The van der Waals surface area contributed by atoms with Crippen LogP contribution in [0.3, 0.4) is 0 Å². The summed E-state index contributed by atoms with van der Waals surface area (Å²) in [4.78, 5) is 15.3. The molecule has 11 heteroatoms. The van der Waals surface area contributed by atoms with E-state index in [1.807, 2.05) is 6.07 Å². The van der Waals surface area contributed by atoms with E-state index in [2.05, 4.69) is 20.3 Å². The molecule has 0 unspecified atom stereocenters. The number of anilines is 2. The fourth-order valence-electron chi connectivity index (χ4n) is 2.88. The number of fused-ring (bicyclic) bond motifs is 1. The summed E-state index contributed by atoms with van der Waals surface area (Å²) < 4.78 is 47.6. The van der Waals surface area contributed by atoms with E-state index in [0.717, 1.165) is 6.07 Å². The average molecular weight is 439 g/mol. The minimum absolute atomic E-state index is 0.0158. The van der Waals surface area contributed by atoms with Crippen LogP contribution in [-0.2, 0) is 16.6 Å². The molecule has 156 valence electrons. The van der Waals surface area contributed by atoms with Crippen molar-refractivity contribution in [3.8, 4) is 17.6 Å². The Balaban J connectivity index is 1.56. The first kappa shape index (κ1) is 20.1. The molecule has 9 nitrogen and oxygen atoms in total. The minimum atomic E-state index is -4.02. The van der Waals surface area contributed by atoms with Crippen molar-refractivity contribution in [3.05, 3.63) is 71.7 Å². The monoisotopic (exact) mass is 439 g/mol. The normalized spacial score (nSPS) is 12.7. The quantitative estimate of drug-likeness (QED) is 0.559. The van der Waals surface area contributed by atoms with E-state index in [4.69, 9.17) is 10.00 Å². The van der Waals surface area contributed by atoms with Gasteiger partial charge in [-0.3, -0.25) is 10.0 Å². The maximum absolute atomic E-state index is 14.6. The lowest BCUT2D eigenvalue weighted by atomic mass is 10.2. The molecule has 0 saturated heterocycles. The van der Waals surface area contributed by atoms with Crippen molar-refractivity contribution in [2.75, 3.05) is 10.0 Å². The number of benzene rings is 2. The van der Waals surface area contributed by atoms with Gasteiger partial charge in [-0.05, 0) is 36.4 Å². The molecule has 1 aliphatic heterocycles. The lowest BCUT2D eigenvalue weighted by molar-refractivity contribution is 0.250. The standard InChI is InChI=1S/C20H14FN5O4S/c21-16-9-13(26-31(28,29)14-3-1-2-12(8-14)10-22)4-5-18(16)30-17-6-7-23-19-15(17)11-24-20(27)25-19/h1-9,26H,11H2,(H2,23,24,25,27). The third-order valence-electron chi connectivity index (χ3n) is 4.35. The largest absolute Gasteiger partial charge is 0.454 e. The van der Waals surface area contributed by atoms with Crippen LogP contribution in [0.4, 0.5) is 20.7 Å². The predicted octanol–water partition coefficient (Wildman–Crippen LogP) is 3.32. The smallest absolute Gasteiger partial charge is 0.320 e. The summed E-state index contributed by atoms with van der Waals surface area (Å²) in [5.41, 5.74) is 0.714. The van der Waals surface area contributed by atoms with Crippen LogP contribution in [0.25, 0.3) is 0 Å². The van der Waals surface area contributed by atoms with Crippen LogP contribution in [-0.4, -0.2) is 19.4 Å². The van der Waals surface area contributed by atoms with Gasteiger partial charge < -0.3 is 10.1 Å². The van der Waals surface area contributed by atoms with Crippen LogP contribution in [0.15, 0.2) is 59.6 Å². The van der Waals surface area contributed by atoms with Gasteiger partial charge in [0.15, 0.2) is 11.6 Å². The molecule has 2 aromatic carbocycles. The van der Waals surface area contributed by atoms with Crippen LogP contribution in [0.2, 0.25) is 0 Å². The second-order valence-corrected chi connectivity index (χ2v) is 8.12. The van der Waals surface area contributed by atoms with Gasteiger partial charge in [0.25, 0.3) is 10.0 Å². The molecule has 2 heterocycles. The highest BCUT2D eigenvalue weighted by Gasteiger charge is 2.21. The summed E-state index contributed by atoms with van der Waals surface area (Å²) >= 11 is 0. The number of amides is 2. The van der Waals surface area contributed by atoms with Crippen molar-refractivity contribution >= 4 is 27.6 Å². The van der Waals surface area contributed by atoms with Gasteiger partial charge >= 0.3 is 6.03 Å². The predicted molar refractivity (Wildman–Crippen MR) is 109 cm³/mol. The molecule has 0 atom stereocenters. The van der Waals surface area contributed by atoms with Gasteiger partial charge in [-0.1, -0.05) is 6.07 Å². The van der Waals surface area contributed by atoms with Gasteiger partial charge in [0.2, 0.25) is 0 Å². The summed E-state index contributed by atoms with van der Waals surface area (Å²) in [5.74, 6) is -0.340. The lowest BCUT2D eigenvalue weighted by Gasteiger charge is -2.20. The molecule has 0 radical (unpaired) electrons. The molecular formula is C20H14FN5O4S. The van der Waals surface area contributed by atoms with Gasteiger partial charge in [-0.15, -0.1) is 0 Å². The van der Waals surface area contributed by atoms with Crippen molar-refractivity contribution in [2.24, 2.45) is 0 Å². The molecule has 3 N–H and O–H groups in total. The van der Waals surface area contributed by atoms with E-state index in [9.17, 15) is 17.6 Å². The lowest BCUT2D eigenvalue weighted by Crippen LogP contribution is -2.34. The number of carbonyl (C=O) groups is 1. The molecule has 0 aliphatic carbocycles. The number of halogens is 1. The van der Waals surface area contributed by atoms with Crippen LogP contribution in [0.1, 0.15) is 11.1 Å². The highest BCUT2D eigenvalue weighted by Crippen LogP contribution is 2.33. The van der Waals surface area contributed by atoms with Crippen LogP contribution in [0.5, 0.6) is 11.5 Å². The molecule has 3 aromatic rings. The fraction of sp³-hybridized carbons (Fsp3) is 0.0500. The number of aromatic nitrogens is 1. The highest BCUT2D eigenvalue weighted by molar-refractivity contribution is 7.92. The van der Waals surface area contributed by atoms with E-state index in [1.165, 1.54) is 48.7 Å². The zero-order valence-electron chi connectivity index (χ0n) is 15.7. The van der Waals surface area contributed by atoms with Gasteiger partial charge in [0, 0.05) is 12.3 Å². The number of urea groups is 1. The topological polar surface area (TPSA) is 133 Å². The Morgan fingerprint density at radius 1 is 1.16 bits per heavy atom. The van der Waals surface area contributed by atoms with Crippen molar-refractivity contribution in [2.45, 2.75) is 11.4 Å². The molecule has 0 bridgehead atoms. The number of rotatable bonds is 5. The van der Waals surface area contributed by atoms with E-state index in [-0.39, 0.29) is 34.2 Å². The Morgan fingerprint density at radius 2 is 2.00 bits per heavy atom. The summed E-state index contributed by atoms with van der Waals surface area (Å²) in [5, 5.41) is 14.0. The van der Waals surface area contributed by atoms with Gasteiger partial charge in [0.1, 0.15) is 11.6 Å². The number of ether oxygens (including phenoxy) is 1. The number of nitrogens with zero attached hydrogens (tertiary/aromatic N) is 2. The van der Waals surface area contributed by atoms with Crippen LogP contribution in [0, 0.1) is 17.1 Å². The van der Waals surface area contributed by atoms with Gasteiger partial charge in [-0.2, -0.15) is 5.26 Å².